The van der Waals surface area contributed by atoms with Crippen molar-refractivity contribution in [2.45, 2.75) is 6.04 Å². The highest BCUT2D eigenvalue weighted by molar-refractivity contribution is 5.77. The van der Waals surface area contributed by atoms with Crippen molar-refractivity contribution in [3.63, 3.8) is 0 Å². The Morgan fingerprint density at radius 1 is 1.35 bits per heavy atom. The lowest BCUT2D eigenvalue weighted by Gasteiger charge is -2.16. The number of methoxy groups -OCH3 is 2. The third-order valence-electron chi connectivity index (χ3n) is 2.32. The minimum absolute atomic E-state index is 0.161. The van der Waals surface area contributed by atoms with Crippen molar-refractivity contribution in [2.75, 3.05) is 27.4 Å². The minimum Gasteiger partial charge on any atom is -0.508 e. The van der Waals surface area contributed by atoms with Crippen LogP contribution in [-0.2, 0) is 14.3 Å². The molecular formula is C12H17NO4. The smallest absolute Gasteiger partial charge is 0.327 e. The first-order valence-electron chi connectivity index (χ1n) is 5.28. The highest BCUT2D eigenvalue weighted by Crippen LogP contribution is 2.17. The molecule has 94 valence electrons. The number of benzene rings is 1. The van der Waals surface area contributed by atoms with Crippen molar-refractivity contribution in [2.24, 2.45) is 0 Å². The number of carbonyl (C=O) groups excluding carboxylic acids is 1. The van der Waals surface area contributed by atoms with E-state index in [4.69, 9.17) is 9.47 Å². The Labute approximate surface area is 100 Å². The van der Waals surface area contributed by atoms with E-state index in [0.29, 0.717) is 13.2 Å². The molecule has 17 heavy (non-hydrogen) atoms. The van der Waals surface area contributed by atoms with Gasteiger partial charge in [0, 0.05) is 13.7 Å². The Hall–Kier alpha value is -1.59. The molecule has 0 saturated heterocycles. The van der Waals surface area contributed by atoms with Gasteiger partial charge in [-0.1, -0.05) is 12.1 Å². The summed E-state index contributed by atoms with van der Waals surface area (Å²) in [6.07, 6.45) is 0. The van der Waals surface area contributed by atoms with Crippen LogP contribution in [0, 0.1) is 0 Å². The Kier molecular flexibility index (Phi) is 5.45. The van der Waals surface area contributed by atoms with Gasteiger partial charge >= 0.3 is 5.97 Å². The molecule has 1 aromatic carbocycles. The number of aromatic hydroxyl groups is 1. The predicted octanol–water partition coefficient (Wildman–Crippen LogP) is 0.842. The summed E-state index contributed by atoms with van der Waals surface area (Å²) in [5.41, 5.74) is 0.741. The lowest BCUT2D eigenvalue weighted by Crippen LogP contribution is -2.31. The Morgan fingerprint density at radius 2 is 2.00 bits per heavy atom. The first-order valence-corrected chi connectivity index (χ1v) is 5.28. The SMILES string of the molecule is COCCNC(C(=O)OC)c1ccc(O)cc1. The van der Waals surface area contributed by atoms with Gasteiger partial charge in [-0.3, -0.25) is 5.32 Å². The number of nitrogens with one attached hydrogen (secondary N) is 1. The molecule has 2 N–H and O–H groups in total. The van der Waals surface area contributed by atoms with Crippen LogP contribution in [0.5, 0.6) is 5.75 Å². The maximum atomic E-state index is 11.6. The molecule has 1 rings (SSSR count). The van der Waals surface area contributed by atoms with Crippen molar-refractivity contribution in [1.82, 2.24) is 5.32 Å². The van der Waals surface area contributed by atoms with Gasteiger partial charge < -0.3 is 14.6 Å². The monoisotopic (exact) mass is 239 g/mol. The highest BCUT2D eigenvalue weighted by atomic mass is 16.5. The lowest BCUT2D eigenvalue weighted by molar-refractivity contribution is -0.143. The molecule has 5 nitrogen and oxygen atoms in total. The van der Waals surface area contributed by atoms with Crippen LogP contribution in [0.15, 0.2) is 24.3 Å². The van der Waals surface area contributed by atoms with Crippen LogP contribution in [0.2, 0.25) is 0 Å². The zero-order chi connectivity index (χ0) is 12.7. The number of carbonyl (C=O) groups is 1. The zero-order valence-corrected chi connectivity index (χ0v) is 9.97. The number of esters is 1. The molecule has 5 heteroatoms. The van der Waals surface area contributed by atoms with Gasteiger partial charge in [0.15, 0.2) is 0 Å². The number of ether oxygens (including phenoxy) is 2. The van der Waals surface area contributed by atoms with Gasteiger partial charge in [-0.05, 0) is 17.7 Å². The average molecular weight is 239 g/mol. The molecule has 1 aromatic rings. The fraction of sp³-hybridized carbons (Fsp3) is 0.417. The number of phenolic OH excluding ortho intramolecular Hbond substituents is 1. The molecule has 1 atom stereocenters. The Bertz CT molecular complexity index is 350. The van der Waals surface area contributed by atoms with E-state index in [-0.39, 0.29) is 11.7 Å². The van der Waals surface area contributed by atoms with Crippen LogP contribution >= 0.6 is 0 Å². The van der Waals surface area contributed by atoms with Crippen LogP contribution in [0.25, 0.3) is 0 Å². The second kappa shape index (κ2) is 6.88. The predicted molar refractivity (Wildman–Crippen MR) is 62.7 cm³/mol. The summed E-state index contributed by atoms with van der Waals surface area (Å²) in [5, 5.41) is 12.2. The average Bonchev–Trinajstić information content (AvgIpc) is 2.35. The number of phenols is 1. The molecule has 0 aliphatic heterocycles. The number of hydrogen-bond donors (Lipinski definition) is 2. The quantitative estimate of drug-likeness (QED) is 0.569. The van der Waals surface area contributed by atoms with Crippen LogP contribution in [-0.4, -0.2) is 38.4 Å². The molecule has 0 aliphatic carbocycles. The molecule has 0 aromatic heterocycles. The van der Waals surface area contributed by atoms with Crippen LogP contribution in [0.4, 0.5) is 0 Å². The van der Waals surface area contributed by atoms with E-state index in [2.05, 4.69) is 5.32 Å². The van der Waals surface area contributed by atoms with Crippen LogP contribution < -0.4 is 5.32 Å². The molecule has 0 bridgehead atoms. The van der Waals surface area contributed by atoms with Gasteiger partial charge in [0.05, 0.1) is 13.7 Å². The lowest BCUT2D eigenvalue weighted by atomic mass is 10.1. The van der Waals surface area contributed by atoms with Crippen molar-refractivity contribution in [3.8, 4) is 5.75 Å². The normalized spacial score (nSPS) is 12.1. The summed E-state index contributed by atoms with van der Waals surface area (Å²) in [6, 6.07) is 5.87. The minimum atomic E-state index is -0.546. The van der Waals surface area contributed by atoms with Crippen molar-refractivity contribution >= 4 is 5.97 Å². The van der Waals surface area contributed by atoms with Gasteiger partial charge in [0.1, 0.15) is 11.8 Å². The Balaban J connectivity index is 2.74. The summed E-state index contributed by atoms with van der Waals surface area (Å²) in [4.78, 5) is 11.6. The van der Waals surface area contributed by atoms with Crippen molar-refractivity contribution in [3.05, 3.63) is 29.8 Å². The molecular weight excluding hydrogens is 222 g/mol. The third kappa shape index (κ3) is 4.05. The fourth-order valence-corrected chi connectivity index (χ4v) is 1.43. The van der Waals surface area contributed by atoms with Crippen LogP contribution in [0.3, 0.4) is 0 Å². The summed E-state index contributed by atoms with van der Waals surface area (Å²) in [5.74, 6) is -0.207. The topological polar surface area (TPSA) is 67.8 Å². The van der Waals surface area contributed by atoms with Gasteiger partial charge in [-0.25, -0.2) is 4.79 Å². The molecule has 0 radical (unpaired) electrons. The molecule has 1 unspecified atom stereocenters. The molecule has 0 spiro atoms. The highest BCUT2D eigenvalue weighted by Gasteiger charge is 2.20. The standard InChI is InChI=1S/C12H17NO4/c1-16-8-7-13-11(12(15)17-2)9-3-5-10(14)6-4-9/h3-6,11,13-14H,7-8H2,1-2H3. The van der Waals surface area contributed by atoms with E-state index in [1.54, 1.807) is 19.2 Å². The summed E-state index contributed by atoms with van der Waals surface area (Å²) < 4.78 is 9.63. The summed E-state index contributed by atoms with van der Waals surface area (Å²) in [6.45, 7) is 1.04. The zero-order valence-electron chi connectivity index (χ0n) is 9.97. The largest absolute Gasteiger partial charge is 0.508 e. The van der Waals surface area contributed by atoms with Crippen molar-refractivity contribution in [1.29, 1.82) is 0 Å². The fourth-order valence-electron chi connectivity index (χ4n) is 1.43. The number of hydrogen-bond acceptors (Lipinski definition) is 5. The third-order valence-corrected chi connectivity index (χ3v) is 2.32. The van der Waals surface area contributed by atoms with E-state index in [1.165, 1.54) is 19.2 Å². The molecule has 0 aliphatic rings. The van der Waals surface area contributed by atoms with E-state index in [0.717, 1.165) is 5.56 Å². The Morgan fingerprint density at radius 3 is 2.53 bits per heavy atom. The molecule has 0 fully saturated rings. The first-order chi connectivity index (χ1) is 8.19. The van der Waals surface area contributed by atoms with Gasteiger partial charge in [-0.2, -0.15) is 0 Å². The van der Waals surface area contributed by atoms with Gasteiger partial charge in [-0.15, -0.1) is 0 Å². The second-order valence-electron chi connectivity index (χ2n) is 3.49. The first kappa shape index (κ1) is 13.5. The van der Waals surface area contributed by atoms with Gasteiger partial charge in [0.2, 0.25) is 0 Å². The van der Waals surface area contributed by atoms with E-state index >= 15 is 0 Å². The summed E-state index contributed by atoms with van der Waals surface area (Å²) >= 11 is 0. The maximum absolute atomic E-state index is 11.6. The summed E-state index contributed by atoms with van der Waals surface area (Å²) in [7, 11) is 2.93. The van der Waals surface area contributed by atoms with E-state index < -0.39 is 6.04 Å². The van der Waals surface area contributed by atoms with Crippen molar-refractivity contribution < 1.29 is 19.4 Å². The number of rotatable bonds is 6. The maximum Gasteiger partial charge on any atom is 0.327 e. The molecule has 0 amide bonds. The molecule has 0 heterocycles. The van der Waals surface area contributed by atoms with E-state index in [1.807, 2.05) is 0 Å². The van der Waals surface area contributed by atoms with E-state index in [9.17, 15) is 9.90 Å². The molecule has 0 saturated carbocycles. The van der Waals surface area contributed by atoms with Crippen LogP contribution in [0.1, 0.15) is 11.6 Å². The second-order valence-corrected chi connectivity index (χ2v) is 3.49. The van der Waals surface area contributed by atoms with Gasteiger partial charge in [0.25, 0.3) is 0 Å².